The first-order valence-electron chi connectivity index (χ1n) is 10.6. The number of hydrogen-bond acceptors (Lipinski definition) is 6. The summed E-state index contributed by atoms with van der Waals surface area (Å²) in [7, 11) is -3.24. The maximum atomic E-state index is 13.2. The predicted octanol–water partition coefficient (Wildman–Crippen LogP) is 0.986. The minimum Gasteiger partial charge on any atom is -0.335 e. The zero-order valence-corrected chi connectivity index (χ0v) is 18.6. The molecule has 0 atom stereocenters. The van der Waals surface area contributed by atoms with E-state index in [1.807, 2.05) is 12.1 Å². The van der Waals surface area contributed by atoms with Crippen molar-refractivity contribution in [2.45, 2.75) is 37.1 Å². The van der Waals surface area contributed by atoms with E-state index in [0.29, 0.717) is 62.3 Å². The van der Waals surface area contributed by atoms with Crippen LogP contribution in [0.15, 0.2) is 24.3 Å². The van der Waals surface area contributed by atoms with E-state index in [0.717, 1.165) is 5.56 Å². The number of fused-ring (bicyclic) bond motifs is 3. The van der Waals surface area contributed by atoms with Gasteiger partial charge in [-0.2, -0.15) is 10.4 Å². The van der Waals surface area contributed by atoms with Crippen LogP contribution in [0, 0.1) is 11.3 Å². The highest BCUT2D eigenvalue weighted by Crippen LogP contribution is 2.44. The van der Waals surface area contributed by atoms with E-state index in [4.69, 9.17) is 5.26 Å². The second-order valence-electron chi connectivity index (χ2n) is 8.87. The first kappa shape index (κ1) is 20.7. The molecule has 3 heterocycles. The van der Waals surface area contributed by atoms with E-state index in [1.54, 1.807) is 26.6 Å². The number of hydrogen-bond donors (Lipinski definition) is 0. The van der Waals surface area contributed by atoms with Crippen LogP contribution in [0.25, 0.3) is 0 Å². The molecule has 3 aliphatic rings. The van der Waals surface area contributed by atoms with Gasteiger partial charge in [0.25, 0.3) is 11.8 Å². The van der Waals surface area contributed by atoms with Gasteiger partial charge in [-0.1, -0.05) is 12.1 Å². The Morgan fingerprint density at radius 3 is 2.41 bits per heavy atom. The topological polar surface area (TPSA) is 116 Å². The fourth-order valence-electron chi connectivity index (χ4n) is 4.61. The van der Waals surface area contributed by atoms with Gasteiger partial charge in [0.15, 0.2) is 15.5 Å². The monoisotopic (exact) mass is 453 g/mol. The highest BCUT2D eigenvalue weighted by Gasteiger charge is 2.54. The average molecular weight is 454 g/mol. The summed E-state index contributed by atoms with van der Waals surface area (Å²) >= 11 is 0. The minimum absolute atomic E-state index is 0.162. The molecule has 0 bridgehead atoms. The predicted molar refractivity (Wildman–Crippen MR) is 115 cm³/mol. The first-order valence-corrected chi connectivity index (χ1v) is 12.5. The highest BCUT2D eigenvalue weighted by atomic mass is 32.2. The van der Waals surface area contributed by atoms with Crippen LogP contribution in [0.3, 0.4) is 0 Å². The van der Waals surface area contributed by atoms with Gasteiger partial charge in [0.2, 0.25) is 0 Å². The third-order valence-electron chi connectivity index (χ3n) is 6.77. The van der Waals surface area contributed by atoms with Gasteiger partial charge in [-0.25, -0.2) is 8.42 Å². The Morgan fingerprint density at radius 1 is 1.06 bits per heavy atom. The van der Waals surface area contributed by atoms with Crippen molar-refractivity contribution in [2.75, 3.05) is 25.9 Å². The second kappa shape index (κ2) is 7.17. The van der Waals surface area contributed by atoms with Crippen LogP contribution in [-0.4, -0.2) is 70.4 Å². The smallest absolute Gasteiger partial charge is 0.274 e. The number of aromatic nitrogens is 2. The third kappa shape index (κ3) is 3.28. The van der Waals surface area contributed by atoms with Gasteiger partial charge >= 0.3 is 0 Å². The molecule has 10 heteroatoms. The maximum Gasteiger partial charge on any atom is 0.274 e. The lowest BCUT2D eigenvalue weighted by Crippen LogP contribution is -2.45. The molecule has 1 aromatic heterocycles. The van der Waals surface area contributed by atoms with Crippen molar-refractivity contribution in [1.29, 1.82) is 5.26 Å². The molecule has 5 rings (SSSR count). The lowest BCUT2D eigenvalue weighted by atomic mass is 10.0. The molecule has 1 saturated carbocycles. The Labute approximate surface area is 186 Å². The summed E-state index contributed by atoms with van der Waals surface area (Å²) < 4.78 is 25.1. The van der Waals surface area contributed by atoms with Gasteiger partial charge in [-0.15, -0.1) is 0 Å². The quantitative estimate of drug-likeness (QED) is 0.666. The Bertz CT molecular complexity index is 1270. The zero-order valence-electron chi connectivity index (χ0n) is 17.7. The Balaban J connectivity index is 1.37. The van der Waals surface area contributed by atoms with Crippen molar-refractivity contribution in [2.24, 2.45) is 0 Å². The number of carbonyl (C=O) groups excluding carboxylic acids is 2. The van der Waals surface area contributed by atoms with Gasteiger partial charge in [0, 0.05) is 38.0 Å². The summed E-state index contributed by atoms with van der Waals surface area (Å²) in [6, 6.07) is 9.21. The van der Waals surface area contributed by atoms with E-state index in [9.17, 15) is 18.0 Å². The van der Waals surface area contributed by atoms with E-state index in [-0.39, 0.29) is 24.1 Å². The molecule has 2 aliphatic heterocycles. The van der Waals surface area contributed by atoms with Crippen LogP contribution in [0.2, 0.25) is 0 Å². The number of nitriles is 1. The summed E-state index contributed by atoms with van der Waals surface area (Å²) in [5.41, 5.74) is 2.88. The van der Waals surface area contributed by atoms with Crippen molar-refractivity contribution in [3.05, 3.63) is 52.3 Å². The number of sulfone groups is 1. The zero-order chi connectivity index (χ0) is 22.7. The normalized spacial score (nSPS) is 19.4. The Kier molecular flexibility index (Phi) is 4.64. The first-order chi connectivity index (χ1) is 15.2. The molecule has 9 nitrogen and oxygen atoms in total. The Morgan fingerprint density at radius 2 is 1.78 bits per heavy atom. The van der Waals surface area contributed by atoms with E-state index >= 15 is 0 Å². The number of rotatable bonds is 5. The van der Waals surface area contributed by atoms with Crippen LogP contribution in [-0.2, 0) is 29.3 Å². The van der Waals surface area contributed by atoms with E-state index < -0.39 is 14.6 Å². The molecule has 0 radical (unpaired) electrons. The van der Waals surface area contributed by atoms with Gasteiger partial charge in [-0.3, -0.25) is 14.3 Å². The van der Waals surface area contributed by atoms with Crippen LogP contribution >= 0.6 is 0 Å². The van der Waals surface area contributed by atoms with Crippen molar-refractivity contribution in [1.82, 2.24) is 19.6 Å². The number of carbonyl (C=O) groups is 2. The molecule has 0 spiro atoms. The molecule has 1 fully saturated rings. The van der Waals surface area contributed by atoms with Crippen molar-refractivity contribution in [3.8, 4) is 6.07 Å². The van der Waals surface area contributed by atoms with E-state index in [2.05, 4.69) is 11.2 Å². The largest absolute Gasteiger partial charge is 0.335 e. The van der Waals surface area contributed by atoms with Crippen LogP contribution in [0.4, 0.5) is 0 Å². The molecular formula is C22H23N5O4S. The fraction of sp³-hybridized carbons (Fsp3) is 0.455. The van der Waals surface area contributed by atoms with Gasteiger partial charge in [0.1, 0.15) is 5.69 Å². The molecular weight excluding hydrogens is 430 g/mol. The standard InChI is InChI=1S/C22H23N5O4S/c1-32(30,31)22(7-8-22)14-26-9-6-17-18(20(26)28)24-27-11-10-25(21(29)19(17)27)13-16-4-2-15(12-23)3-5-16/h2-5H,6-11,13-14H2,1H3. The highest BCUT2D eigenvalue weighted by molar-refractivity contribution is 7.92. The SMILES string of the molecule is CS(=O)(=O)C1(CN2CCc3c(nn4c3C(=O)N(Cc3ccc(C#N)cc3)CC4)C2=O)CC1. The molecule has 1 aromatic carbocycles. The van der Waals surface area contributed by atoms with Gasteiger partial charge in [0.05, 0.1) is 22.9 Å². The molecule has 0 unspecified atom stereocenters. The summed E-state index contributed by atoms with van der Waals surface area (Å²) in [4.78, 5) is 29.7. The van der Waals surface area contributed by atoms with E-state index in [1.165, 1.54) is 6.26 Å². The van der Waals surface area contributed by atoms with Crippen LogP contribution < -0.4 is 0 Å². The number of amides is 2. The van der Waals surface area contributed by atoms with Crippen molar-refractivity contribution in [3.63, 3.8) is 0 Å². The lowest BCUT2D eigenvalue weighted by molar-refractivity contribution is 0.0682. The van der Waals surface area contributed by atoms with Crippen LogP contribution in [0.1, 0.15) is 50.5 Å². The maximum absolute atomic E-state index is 13.2. The number of benzene rings is 1. The van der Waals surface area contributed by atoms with Gasteiger partial charge in [-0.05, 0) is 37.0 Å². The molecule has 2 aromatic rings. The molecule has 1 aliphatic carbocycles. The lowest BCUT2D eigenvalue weighted by Gasteiger charge is -2.30. The summed E-state index contributed by atoms with van der Waals surface area (Å²) in [6.45, 7) is 1.95. The fourth-order valence-corrected chi connectivity index (χ4v) is 5.85. The molecule has 166 valence electrons. The summed E-state index contributed by atoms with van der Waals surface area (Å²) in [5.74, 6) is -0.458. The molecule has 0 saturated heterocycles. The minimum atomic E-state index is -3.24. The van der Waals surface area contributed by atoms with Crippen molar-refractivity contribution < 1.29 is 18.0 Å². The van der Waals surface area contributed by atoms with Crippen molar-refractivity contribution >= 4 is 21.7 Å². The average Bonchev–Trinajstić information content (AvgIpc) is 3.46. The number of nitrogens with zero attached hydrogens (tertiary/aromatic N) is 5. The molecule has 0 N–H and O–H groups in total. The molecule has 2 amide bonds. The second-order valence-corrected chi connectivity index (χ2v) is 11.3. The van der Waals surface area contributed by atoms with Gasteiger partial charge < -0.3 is 9.80 Å². The summed E-state index contributed by atoms with van der Waals surface area (Å²) in [5, 5.41) is 13.4. The summed E-state index contributed by atoms with van der Waals surface area (Å²) in [6.07, 6.45) is 2.86. The van der Waals surface area contributed by atoms with Crippen LogP contribution in [0.5, 0.6) is 0 Å². The molecule has 32 heavy (non-hydrogen) atoms. The Hall–Kier alpha value is -3.19. The third-order valence-corrected chi connectivity index (χ3v) is 8.88.